The Hall–Kier alpha value is -2.09. The number of ether oxygens (including phenoxy) is 1. The summed E-state index contributed by atoms with van der Waals surface area (Å²) in [4.78, 5) is 0. The Morgan fingerprint density at radius 2 is 1.84 bits per heavy atom. The van der Waals surface area contributed by atoms with Crippen LogP contribution in [0.2, 0.25) is 0 Å². The van der Waals surface area contributed by atoms with Gasteiger partial charge in [-0.1, -0.05) is 25.1 Å². The molecule has 0 aliphatic heterocycles. The summed E-state index contributed by atoms with van der Waals surface area (Å²) in [6, 6.07) is 14.4. The van der Waals surface area contributed by atoms with Crippen LogP contribution in [0, 0.1) is 17.3 Å². The molecule has 3 aliphatic carbocycles. The number of hydrogen-bond donors (Lipinski definition) is 3. The van der Waals surface area contributed by atoms with Crippen molar-refractivity contribution in [2.45, 2.75) is 76.2 Å². The van der Waals surface area contributed by atoms with Crippen molar-refractivity contribution in [1.29, 1.82) is 0 Å². The first-order chi connectivity index (χ1) is 17.7. The molecule has 0 unspecified atom stereocenters. The van der Waals surface area contributed by atoms with Gasteiger partial charge in [0, 0.05) is 0 Å². The second-order valence-electron chi connectivity index (χ2n) is 11.6. The number of aromatic hydroxyl groups is 1. The molecular weight excluding hydrogens is 486 g/mol. The van der Waals surface area contributed by atoms with Gasteiger partial charge in [0.25, 0.3) is 0 Å². The van der Waals surface area contributed by atoms with Crippen LogP contribution in [0.4, 0.5) is 0 Å². The molecule has 5 rings (SSSR count). The molecule has 0 spiro atoms. The quantitative estimate of drug-likeness (QED) is 0.394. The third-order valence-corrected chi connectivity index (χ3v) is 11.1. The Balaban J connectivity index is 1.30. The predicted molar refractivity (Wildman–Crippen MR) is 145 cm³/mol. The van der Waals surface area contributed by atoms with Gasteiger partial charge in [-0.05, 0) is 128 Å². The van der Waals surface area contributed by atoms with Crippen molar-refractivity contribution in [2.75, 3.05) is 19.4 Å². The molecule has 3 N–H and O–H groups in total. The summed E-state index contributed by atoms with van der Waals surface area (Å²) >= 11 is 0. The number of benzene rings is 2. The summed E-state index contributed by atoms with van der Waals surface area (Å²) in [6.45, 7) is 2.88. The van der Waals surface area contributed by atoms with Crippen LogP contribution in [0.15, 0.2) is 42.5 Å². The summed E-state index contributed by atoms with van der Waals surface area (Å²) in [5.74, 6) is 3.11. The van der Waals surface area contributed by atoms with Gasteiger partial charge in [0.05, 0.1) is 18.5 Å². The Morgan fingerprint density at radius 3 is 2.59 bits per heavy atom. The minimum Gasteiger partial charge on any atom is -0.508 e. The Labute approximate surface area is 221 Å². The normalized spacial score (nSPS) is 30.8. The maximum absolute atomic E-state index is 11.5. The van der Waals surface area contributed by atoms with Crippen molar-refractivity contribution in [3.8, 4) is 11.5 Å². The van der Waals surface area contributed by atoms with E-state index >= 15 is 0 Å². The van der Waals surface area contributed by atoms with Gasteiger partial charge in [-0.2, -0.15) is 0 Å². The number of aliphatic hydroxyl groups excluding tert-OH is 1. The average Bonchev–Trinajstić information content (AvgIpc) is 3.19. The highest BCUT2D eigenvalue weighted by atomic mass is 32.2. The second-order valence-corrected chi connectivity index (χ2v) is 13.7. The van der Waals surface area contributed by atoms with Crippen molar-refractivity contribution in [3.05, 3.63) is 59.2 Å². The Bertz CT molecular complexity index is 1200. The third kappa shape index (κ3) is 5.27. The maximum Gasteiger partial charge on any atom is 0.211 e. The largest absolute Gasteiger partial charge is 0.508 e. The topological polar surface area (TPSA) is 95.9 Å². The van der Waals surface area contributed by atoms with Crippen LogP contribution in [0.5, 0.6) is 11.5 Å². The summed E-state index contributed by atoms with van der Waals surface area (Å²) < 4.78 is 31.3. The number of aryl methyl sites for hydroxylation is 1. The van der Waals surface area contributed by atoms with Crippen LogP contribution in [0.1, 0.15) is 80.4 Å². The molecule has 202 valence electrons. The number of phenolic OH excluding ortho intramolecular Hbond substituents is 1. The average molecular weight is 528 g/mol. The first kappa shape index (κ1) is 26.5. The summed E-state index contributed by atoms with van der Waals surface area (Å²) in [6.07, 6.45) is 7.08. The van der Waals surface area contributed by atoms with Crippen molar-refractivity contribution >= 4 is 10.0 Å². The van der Waals surface area contributed by atoms with Gasteiger partial charge in [0.1, 0.15) is 11.5 Å². The minimum atomic E-state index is -3.14. The van der Waals surface area contributed by atoms with E-state index in [2.05, 4.69) is 42.0 Å². The highest BCUT2D eigenvalue weighted by molar-refractivity contribution is 7.89. The van der Waals surface area contributed by atoms with Gasteiger partial charge in [0.15, 0.2) is 0 Å². The molecule has 37 heavy (non-hydrogen) atoms. The van der Waals surface area contributed by atoms with E-state index < -0.39 is 10.0 Å². The van der Waals surface area contributed by atoms with Crippen LogP contribution >= 0.6 is 0 Å². The standard InChI is InChI=1S/C30H41NO5S/c1-30-19-26(20-6-10-23(11-7-20)36-16-4-3-5-17-37(34,35)31-2)29-24-13-9-22(32)18-21(24)8-12-25(29)27(30)14-15-28(30)33/h6-7,9-11,13,18,25-29,31-33H,3-5,8,12,14-17,19H2,1-2H3/t25-,26+,27-,28-,29+,30-/m0/s1. The first-order valence-electron chi connectivity index (χ1n) is 13.9. The fourth-order valence-electron chi connectivity index (χ4n) is 7.67. The molecule has 2 aromatic carbocycles. The van der Waals surface area contributed by atoms with E-state index in [-0.39, 0.29) is 17.3 Å². The van der Waals surface area contributed by atoms with E-state index in [9.17, 15) is 18.6 Å². The summed E-state index contributed by atoms with van der Waals surface area (Å²) in [7, 11) is -1.69. The Morgan fingerprint density at radius 1 is 1.05 bits per heavy atom. The van der Waals surface area contributed by atoms with E-state index in [4.69, 9.17) is 4.74 Å². The van der Waals surface area contributed by atoms with Gasteiger partial charge in [0.2, 0.25) is 10.0 Å². The molecule has 0 bridgehead atoms. The second kappa shape index (κ2) is 10.6. The SMILES string of the molecule is CNS(=O)(=O)CCCCCOc1ccc([C@H]2C[C@]3(C)[C@@H](O)CC[C@H]3[C@@H]3CCc4cc(O)ccc4[C@H]32)cc1. The lowest BCUT2D eigenvalue weighted by Crippen LogP contribution is -2.47. The molecule has 2 fully saturated rings. The zero-order valence-corrected chi connectivity index (χ0v) is 22.8. The number of rotatable bonds is 9. The van der Waals surface area contributed by atoms with Gasteiger partial charge in [-0.3, -0.25) is 0 Å². The highest BCUT2D eigenvalue weighted by Gasteiger charge is 2.57. The molecule has 0 saturated heterocycles. The monoisotopic (exact) mass is 527 g/mol. The maximum atomic E-state index is 11.5. The van der Waals surface area contributed by atoms with Crippen molar-refractivity contribution in [2.24, 2.45) is 17.3 Å². The number of hydrogen-bond acceptors (Lipinski definition) is 5. The van der Waals surface area contributed by atoms with Crippen LogP contribution in [0.25, 0.3) is 0 Å². The number of unbranched alkanes of at least 4 members (excludes halogenated alkanes) is 2. The molecule has 6 atom stereocenters. The molecule has 3 aliphatic rings. The minimum absolute atomic E-state index is 0.0593. The van der Waals surface area contributed by atoms with Gasteiger partial charge in [-0.15, -0.1) is 0 Å². The van der Waals surface area contributed by atoms with E-state index in [1.165, 1.54) is 23.7 Å². The molecule has 2 aromatic rings. The number of phenols is 1. The Kier molecular flexibility index (Phi) is 7.58. The van der Waals surface area contributed by atoms with Crippen LogP contribution < -0.4 is 9.46 Å². The van der Waals surface area contributed by atoms with Crippen molar-refractivity contribution in [3.63, 3.8) is 0 Å². The molecule has 0 heterocycles. The lowest BCUT2D eigenvalue weighted by Gasteiger charge is -2.54. The van der Waals surface area contributed by atoms with Crippen LogP contribution in [-0.2, 0) is 16.4 Å². The fraction of sp³-hybridized carbons (Fsp3) is 0.600. The van der Waals surface area contributed by atoms with E-state index in [0.29, 0.717) is 42.4 Å². The molecule has 7 heteroatoms. The van der Waals surface area contributed by atoms with E-state index in [1.807, 2.05) is 12.1 Å². The molecule has 0 amide bonds. The van der Waals surface area contributed by atoms with Crippen LogP contribution in [-0.4, -0.2) is 44.1 Å². The number of nitrogens with one attached hydrogen (secondary N) is 1. The summed E-state index contributed by atoms with van der Waals surface area (Å²) in [5, 5.41) is 21.2. The lowest BCUT2D eigenvalue weighted by molar-refractivity contribution is -0.0323. The molecule has 6 nitrogen and oxygen atoms in total. The van der Waals surface area contributed by atoms with Crippen molar-refractivity contribution in [1.82, 2.24) is 4.72 Å². The van der Waals surface area contributed by atoms with Crippen LogP contribution in [0.3, 0.4) is 0 Å². The van der Waals surface area contributed by atoms with E-state index in [0.717, 1.165) is 50.7 Å². The van der Waals surface area contributed by atoms with Crippen molar-refractivity contribution < 1.29 is 23.4 Å². The zero-order valence-electron chi connectivity index (χ0n) is 22.0. The highest BCUT2D eigenvalue weighted by Crippen LogP contribution is 2.65. The van der Waals surface area contributed by atoms with E-state index in [1.54, 1.807) is 0 Å². The lowest BCUT2D eigenvalue weighted by atomic mass is 9.51. The molecule has 2 saturated carbocycles. The van der Waals surface area contributed by atoms with Gasteiger partial charge >= 0.3 is 0 Å². The third-order valence-electron chi connectivity index (χ3n) is 9.61. The predicted octanol–water partition coefficient (Wildman–Crippen LogP) is 5.10. The number of aliphatic hydroxyl groups is 1. The molecule has 0 radical (unpaired) electrons. The van der Waals surface area contributed by atoms with Gasteiger partial charge < -0.3 is 14.9 Å². The first-order valence-corrected chi connectivity index (χ1v) is 15.5. The zero-order chi connectivity index (χ0) is 26.2. The van der Waals surface area contributed by atoms with Gasteiger partial charge in [-0.25, -0.2) is 13.1 Å². The smallest absolute Gasteiger partial charge is 0.211 e. The molecule has 0 aromatic heterocycles. The molecular formula is C30H41NO5S. The summed E-state index contributed by atoms with van der Waals surface area (Å²) in [5.41, 5.74) is 3.88. The number of sulfonamides is 1. The fourth-order valence-corrected chi connectivity index (χ4v) is 8.46. The number of fused-ring (bicyclic) bond motifs is 5.